The molecule has 0 saturated carbocycles. The fraction of sp³-hybridized carbons (Fsp3) is 0.579. The van der Waals surface area contributed by atoms with E-state index in [-0.39, 0.29) is 12.5 Å². The zero-order chi connectivity index (χ0) is 16.4. The first-order chi connectivity index (χ1) is 11.2. The van der Waals surface area contributed by atoms with E-state index < -0.39 is 0 Å². The number of fused-ring (bicyclic) bond motifs is 3. The molecule has 0 spiro atoms. The number of H-pyrrole nitrogens is 1. The highest BCUT2D eigenvalue weighted by molar-refractivity contribution is 5.85. The maximum Gasteiger partial charge on any atom is 0.0593 e. The van der Waals surface area contributed by atoms with Gasteiger partial charge in [0.2, 0.25) is 0 Å². The van der Waals surface area contributed by atoms with Crippen molar-refractivity contribution in [3.63, 3.8) is 0 Å². The number of nitrogens with one attached hydrogen (secondary N) is 1. The van der Waals surface area contributed by atoms with Gasteiger partial charge in [0, 0.05) is 35.6 Å². The quantitative estimate of drug-likeness (QED) is 0.891. The van der Waals surface area contributed by atoms with Gasteiger partial charge in [-0.2, -0.15) is 0 Å². The van der Waals surface area contributed by atoms with E-state index in [2.05, 4.69) is 59.8 Å². The van der Waals surface area contributed by atoms with Gasteiger partial charge in [-0.3, -0.25) is 9.80 Å². The minimum atomic E-state index is 0.165. The lowest BCUT2D eigenvalue weighted by molar-refractivity contribution is 0.0548. The summed E-state index contributed by atoms with van der Waals surface area (Å²) in [6.07, 6.45) is 1.45. The summed E-state index contributed by atoms with van der Waals surface area (Å²) in [5, 5.41) is 11.3. The molecule has 0 amide bonds. The molecule has 0 aliphatic carbocycles. The van der Waals surface area contributed by atoms with Crippen molar-refractivity contribution in [2.24, 2.45) is 0 Å². The van der Waals surface area contributed by atoms with Crippen LogP contribution in [0.4, 0.5) is 0 Å². The smallest absolute Gasteiger partial charge is 0.0593 e. The van der Waals surface area contributed by atoms with Gasteiger partial charge in [0.05, 0.1) is 12.8 Å². The number of aromatic amines is 1. The topological polar surface area (TPSA) is 42.5 Å². The maximum absolute atomic E-state index is 9.98. The molecule has 1 aromatic heterocycles. The van der Waals surface area contributed by atoms with E-state index >= 15 is 0 Å². The van der Waals surface area contributed by atoms with Gasteiger partial charge in [-0.05, 0) is 38.1 Å². The first-order valence-corrected chi connectivity index (χ1v) is 8.88. The largest absolute Gasteiger partial charge is 0.396 e. The zero-order valence-electron chi connectivity index (χ0n) is 14.5. The summed E-state index contributed by atoms with van der Waals surface area (Å²) in [6.45, 7) is 11.0. The minimum Gasteiger partial charge on any atom is -0.396 e. The molecule has 126 valence electrons. The predicted octanol–water partition coefficient (Wildman–Crippen LogP) is 2.79. The molecule has 23 heavy (non-hydrogen) atoms. The third-order valence-corrected chi connectivity index (χ3v) is 5.45. The zero-order valence-corrected chi connectivity index (χ0v) is 14.5. The highest BCUT2D eigenvalue weighted by Crippen LogP contribution is 2.32. The molecule has 0 fully saturated rings. The van der Waals surface area contributed by atoms with Gasteiger partial charge in [0.25, 0.3) is 0 Å². The van der Waals surface area contributed by atoms with Crippen LogP contribution in [0.25, 0.3) is 10.9 Å². The summed E-state index contributed by atoms with van der Waals surface area (Å²) in [5.74, 6) is 0.165. The number of aliphatic hydroxyl groups is 1. The Kier molecular flexibility index (Phi) is 5.05. The SMILES string of the molecule is CCN(CC)C(C)N1CCc2c([nH]c3ccccc23)C(CO)C1. The van der Waals surface area contributed by atoms with E-state index in [1.165, 1.54) is 22.2 Å². The molecule has 2 aromatic rings. The summed E-state index contributed by atoms with van der Waals surface area (Å²) < 4.78 is 0. The van der Waals surface area contributed by atoms with Crippen LogP contribution in [0, 0.1) is 0 Å². The number of aromatic nitrogens is 1. The van der Waals surface area contributed by atoms with E-state index in [1.807, 2.05) is 0 Å². The van der Waals surface area contributed by atoms with Gasteiger partial charge < -0.3 is 10.1 Å². The second-order valence-corrected chi connectivity index (χ2v) is 6.54. The van der Waals surface area contributed by atoms with Gasteiger partial charge in [-0.1, -0.05) is 32.0 Å². The number of aliphatic hydroxyl groups excluding tert-OH is 1. The van der Waals surface area contributed by atoms with Crippen LogP contribution in [-0.2, 0) is 6.42 Å². The Bertz CT molecular complexity index is 647. The molecule has 1 aromatic carbocycles. The average molecular weight is 315 g/mol. The standard InChI is InChI=1S/C19H29N3O/c1-4-21(5-2)14(3)22-11-10-17-16-8-6-7-9-18(16)20-19(17)15(12-22)13-23/h6-9,14-15,20,23H,4-5,10-13H2,1-3H3. The van der Waals surface area contributed by atoms with E-state index in [4.69, 9.17) is 0 Å². The molecule has 2 atom stereocenters. The molecule has 4 nitrogen and oxygen atoms in total. The first kappa shape index (κ1) is 16.5. The lowest BCUT2D eigenvalue weighted by Gasteiger charge is -2.37. The Balaban J connectivity index is 1.91. The van der Waals surface area contributed by atoms with Crippen molar-refractivity contribution in [1.29, 1.82) is 0 Å². The van der Waals surface area contributed by atoms with Crippen LogP contribution in [0.3, 0.4) is 0 Å². The van der Waals surface area contributed by atoms with Gasteiger partial charge in [0.15, 0.2) is 0 Å². The number of benzene rings is 1. The highest BCUT2D eigenvalue weighted by Gasteiger charge is 2.29. The molecule has 0 saturated heterocycles. The van der Waals surface area contributed by atoms with Crippen molar-refractivity contribution in [3.05, 3.63) is 35.5 Å². The van der Waals surface area contributed by atoms with Crippen LogP contribution < -0.4 is 0 Å². The predicted molar refractivity (Wildman–Crippen MR) is 95.8 cm³/mol. The Morgan fingerprint density at radius 1 is 1.30 bits per heavy atom. The molecule has 2 heterocycles. The molecule has 1 aliphatic rings. The molecule has 1 aliphatic heterocycles. The van der Waals surface area contributed by atoms with Crippen molar-refractivity contribution in [3.8, 4) is 0 Å². The number of para-hydroxylation sites is 1. The van der Waals surface area contributed by atoms with E-state index in [1.54, 1.807) is 0 Å². The Morgan fingerprint density at radius 3 is 2.74 bits per heavy atom. The van der Waals surface area contributed by atoms with Gasteiger partial charge in [-0.25, -0.2) is 0 Å². The Labute approximate surface area is 139 Å². The van der Waals surface area contributed by atoms with Gasteiger partial charge in [-0.15, -0.1) is 0 Å². The van der Waals surface area contributed by atoms with Crippen LogP contribution in [0.15, 0.2) is 24.3 Å². The molecule has 2 unspecified atom stereocenters. The fourth-order valence-electron chi connectivity index (χ4n) is 4.03. The van der Waals surface area contributed by atoms with E-state index in [0.29, 0.717) is 6.17 Å². The molecular formula is C19H29N3O. The van der Waals surface area contributed by atoms with E-state index in [0.717, 1.165) is 32.6 Å². The average Bonchev–Trinajstić information content (AvgIpc) is 2.84. The molecule has 3 rings (SSSR count). The van der Waals surface area contributed by atoms with E-state index in [9.17, 15) is 5.11 Å². The third-order valence-electron chi connectivity index (χ3n) is 5.45. The van der Waals surface area contributed by atoms with Crippen LogP contribution in [0.1, 0.15) is 37.9 Å². The molecule has 2 N–H and O–H groups in total. The van der Waals surface area contributed by atoms with Gasteiger partial charge >= 0.3 is 0 Å². The van der Waals surface area contributed by atoms with Crippen LogP contribution in [0.2, 0.25) is 0 Å². The van der Waals surface area contributed by atoms with Crippen LogP contribution in [0.5, 0.6) is 0 Å². The van der Waals surface area contributed by atoms with Crippen molar-refractivity contribution in [1.82, 2.24) is 14.8 Å². The lowest BCUT2D eigenvalue weighted by atomic mass is 10.0. The monoisotopic (exact) mass is 315 g/mol. The summed E-state index contributed by atoms with van der Waals surface area (Å²) in [5.41, 5.74) is 3.83. The normalized spacial score (nSPS) is 20.7. The van der Waals surface area contributed by atoms with Crippen molar-refractivity contribution < 1.29 is 5.11 Å². The van der Waals surface area contributed by atoms with Crippen LogP contribution >= 0.6 is 0 Å². The number of rotatable bonds is 5. The molecule has 4 heteroatoms. The summed E-state index contributed by atoms with van der Waals surface area (Å²) in [6, 6.07) is 8.50. The minimum absolute atomic E-state index is 0.165. The Hall–Kier alpha value is -1.36. The van der Waals surface area contributed by atoms with Crippen molar-refractivity contribution in [2.75, 3.05) is 32.8 Å². The fourth-order valence-corrected chi connectivity index (χ4v) is 4.03. The number of hydrogen-bond acceptors (Lipinski definition) is 3. The van der Waals surface area contributed by atoms with Crippen molar-refractivity contribution >= 4 is 10.9 Å². The first-order valence-electron chi connectivity index (χ1n) is 8.88. The van der Waals surface area contributed by atoms with Crippen LogP contribution in [-0.4, -0.2) is 58.8 Å². The summed E-state index contributed by atoms with van der Waals surface area (Å²) in [7, 11) is 0. The summed E-state index contributed by atoms with van der Waals surface area (Å²) >= 11 is 0. The van der Waals surface area contributed by atoms with Gasteiger partial charge in [0.1, 0.15) is 0 Å². The van der Waals surface area contributed by atoms with Crippen molar-refractivity contribution in [2.45, 2.75) is 39.3 Å². The molecule has 0 radical (unpaired) electrons. The maximum atomic E-state index is 9.98. The second-order valence-electron chi connectivity index (χ2n) is 6.54. The number of nitrogens with zero attached hydrogens (tertiary/aromatic N) is 2. The summed E-state index contributed by atoms with van der Waals surface area (Å²) in [4.78, 5) is 8.58. The molecule has 0 bridgehead atoms. The highest BCUT2D eigenvalue weighted by atomic mass is 16.3. The Morgan fingerprint density at radius 2 is 2.04 bits per heavy atom. The third kappa shape index (κ3) is 3.03. The second kappa shape index (κ2) is 7.04. The molecular weight excluding hydrogens is 286 g/mol. The number of hydrogen-bond donors (Lipinski definition) is 2. The lowest BCUT2D eigenvalue weighted by Crippen LogP contribution is -2.48.